The third kappa shape index (κ3) is 3.15. The molecule has 24 heavy (non-hydrogen) atoms. The molecule has 1 heterocycles. The fourth-order valence-electron chi connectivity index (χ4n) is 2.99. The third-order valence-corrected chi connectivity index (χ3v) is 4.38. The molecule has 0 saturated carbocycles. The molecule has 5 nitrogen and oxygen atoms in total. The summed E-state index contributed by atoms with van der Waals surface area (Å²) >= 11 is 0. The molecule has 1 aromatic carbocycles. The molecular formula is C19H19NO4. The monoisotopic (exact) mass is 325 g/mol. The van der Waals surface area contributed by atoms with Gasteiger partial charge in [-0.2, -0.15) is 0 Å². The average molecular weight is 325 g/mol. The highest BCUT2D eigenvalue weighted by Gasteiger charge is 2.18. The van der Waals surface area contributed by atoms with Crippen molar-refractivity contribution in [2.24, 2.45) is 7.05 Å². The summed E-state index contributed by atoms with van der Waals surface area (Å²) in [6.45, 7) is 1.13. The maximum atomic E-state index is 12.2. The molecule has 0 fully saturated rings. The molecule has 0 amide bonds. The van der Waals surface area contributed by atoms with E-state index in [1.807, 2.05) is 12.1 Å². The van der Waals surface area contributed by atoms with Gasteiger partial charge in [0.2, 0.25) is 0 Å². The van der Waals surface area contributed by atoms with Crippen molar-refractivity contribution < 1.29 is 19.1 Å². The van der Waals surface area contributed by atoms with E-state index in [1.54, 1.807) is 19.3 Å². The first-order valence-corrected chi connectivity index (χ1v) is 7.95. The van der Waals surface area contributed by atoms with Gasteiger partial charge in [0.05, 0.1) is 0 Å². The molecule has 1 aromatic heterocycles. The van der Waals surface area contributed by atoms with Crippen LogP contribution in [0.1, 0.15) is 55.7 Å². The number of aromatic nitrogens is 1. The van der Waals surface area contributed by atoms with Crippen LogP contribution < -0.4 is 0 Å². The Morgan fingerprint density at radius 1 is 1.08 bits per heavy atom. The molecule has 3 rings (SSSR count). The van der Waals surface area contributed by atoms with Gasteiger partial charge in [0.1, 0.15) is 5.69 Å². The lowest BCUT2D eigenvalue weighted by molar-refractivity contribution is 0.0465. The summed E-state index contributed by atoms with van der Waals surface area (Å²) in [4.78, 5) is 35.7. The molecule has 0 atom stereocenters. The van der Waals surface area contributed by atoms with Crippen molar-refractivity contribution in [1.29, 1.82) is 0 Å². The van der Waals surface area contributed by atoms with Gasteiger partial charge < -0.3 is 9.30 Å². The normalized spacial score (nSPS) is 12.8. The molecule has 0 saturated heterocycles. The number of benzene rings is 1. The SMILES string of the molecule is CC(=O)c1cc(C(=O)OCC(=O)c2ccc3c(c2)CCC3)n(C)c1. The second-order valence-electron chi connectivity index (χ2n) is 6.12. The van der Waals surface area contributed by atoms with Gasteiger partial charge >= 0.3 is 5.97 Å². The van der Waals surface area contributed by atoms with Crippen molar-refractivity contribution in [2.75, 3.05) is 6.61 Å². The Hall–Kier alpha value is -2.69. The molecular weight excluding hydrogens is 306 g/mol. The van der Waals surface area contributed by atoms with Crippen LogP contribution in [0.25, 0.3) is 0 Å². The standard InChI is InChI=1S/C19H19NO4/c1-12(21)16-9-17(20(2)10-16)19(23)24-11-18(22)15-7-6-13-4-3-5-14(13)8-15/h6-10H,3-5,11H2,1-2H3. The Bertz CT molecular complexity index is 832. The predicted molar refractivity (Wildman–Crippen MR) is 88.5 cm³/mol. The molecule has 0 spiro atoms. The summed E-state index contributed by atoms with van der Waals surface area (Å²) in [5.74, 6) is -0.961. The quantitative estimate of drug-likeness (QED) is 0.626. The predicted octanol–water partition coefficient (Wildman–Crippen LogP) is 2.76. The van der Waals surface area contributed by atoms with Crippen LogP contribution in [0.5, 0.6) is 0 Å². The number of fused-ring (bicyclic) bond motifs is 1. The van der Waals surface area contributed by atoms with Crippen LogP contribution >= 0.6 is 0 Å². The zero-order chi connectivity index (χ0) is 17.3. The first kappa shape index (κ1) is 16.2. The first-order valence-electron chi connectivity index (χ1n) is 7.95. The van der Waals surface area contributed by atoms with E-state index in [0.29, 0.717) is 11.1 Å². The summed E-state index contributed by atoms with van der Waals surface area (Å²) in [6, 6.07) is 7.14. The Kier molecular flexibility index (Phi) is 4.34. The van der Waals surface area contributed by atoms with Crippen LogP contribution in [0.3, 0.4) is 0 Å². The van der Waals surface area contributed by atoms with E-state index in [4.69, 9.17) is 4.74 Å². The Morgan fingerprint density at radius 3 is 2.54 bits per heavy atom. The van der Waals surface area contributed by atoms with E-state index >= 15 is 0 Å². The minimum atomic E-state index is -0.612. The second kappa shape index (κ2) is 6.43. The number of esters is 1. The van der Waals surface area contributed by atoms with E-state index in [1.165, 1.54) is 28.7 Å². The van der Waals surface area contributed by atoms with Crippen LogP contribution in [-0.2, 0) is 24.6 Å². The molecule has 0 radical (unpaired) electrons. The summed E-state index contributed by atoms with van der Waals surface area (Å²) in [5, 5.41) is 0. The first-order chi connectivity index (χ1) is 11.5. The molecule has 0 unspecified atom stereocenters. The number of Topliss-reactive ketones (excluding diaryl/α,β-unsaturated/α-hetero) is 2. The van der Waals surface area contributed by atoms with E-state index in [2.05, 4.69) is 0 Å². The van der Waals surface area contributed by atoms with Crippen molar-refractivity contribution in [3.05, 3.63) is 58.4 Å². The van der Waals surface area contributed by atoms with Gasteiger partial charge in [0, 0.05) is 24.4 Å². The number of rotatable bonds is 5. The highest BCUT2D eigenvalue weighted by molar-refractivity contribution is 6.00. The van der Waals surface area contributed by atoms with Gasteiger partial charge in [-0.05, 0) is 49.4 Å². The van der Waals surface area contributed by atoms with Crippen LogP contribution in [0, 0.1) is 0 Å². The zero-order valence-electron chi connectivity index (χ0n) is 13.8. The average Bonchev–Trinajstić information content (AvgIpc) is 3.17. The molecule has 2 aromatic rings. The Labute approximate surface area is 140 Å². The van der Waals surface area contributed by atoms with Crippen LogP contribution in [0.15, 0.2) is 30.5 Å². The number of ketones is 2. The maximum absolute atomic E-state index is 12.2. The zero-order valence-corrected chi connectivity index (χ0v) is 13.8. The Balaban J connectivity index is 1.66. The molecule has 0 bridgehead atoms. The van der Waals surface area contributed by atoms with Crippen molar-refractivity contribution in [3.8, 4) is 0 Å². The van der Waals surface area contributed by atoms with Crippen molar-refractivity contribution in [3.63, 3.8) is 0 Å². The number of carbonyl (C=O) groups excluding carboxylic acids is 3. The van der Waals surface area contributed by atoms with E-state index < -0.39 is 5.97 Å². The molecule has 124 valence electrons. The topological polar surface area (TPSA) is 65.4 Å². The van der Waals surface area contributed by atoms with E-state index in [0.717, 1.165) is 19.3 Å². The molecule has 1 aliphatic carbocycles. The second-order valence-corrected chi connectivity index (χ2v) is 6.12. The van der Waals surface area contributed by atoms with Gasteiger partial charge in [0.15, 0.2) is 18.2 Å². The van der Waals surface area contributed by atoms with Gasteiger partial charge in [0.25, 0.3) is 0 Å². The van der Waals surface area contributed by atoms with Crippen LogP contribution in [-0.4, -0.2) is 28.7 Å². The van der Waals surface area contributed by atoms with Crippen LogP contribution in [0.2, 0.25) is 0 Å². The lowest BCUT2D eigenvalue weighted by atomic mass is 10.0. The fraction of sp³-hybridized carbons (Fsp3) is 0.316. The van der Waals surface area contributed by atoms with Crippen molar-refractivity contribution in [1.82, 2.24) is 4.57 Å². The highest BCUT2D eigenvalue weighted by Crippen LogP contribution is 2.23. The lowest BCUT2D eigenvalue weighted by Crippen LogP contribution is -2.16. The number of hydrogen-bond acceptors (Lipinski definition) is 4. The number of nitrogens with zero attached hydrogens (tertiary/aromatic N) is 1. The van der Waals surface area contributed by atoms with Gasteiger partial charge in [-0.15, -0.1) is 0 Å². The smallest absolute Gasteiger partial charge is 0.355 e. The summed E-state index contributed by atoms with van der Waals surface area (Å²) in [5.41, 5.74) is 3.76. The van der Waals surface area contributed by atoms with Gasteiger partial charge in [-0.3, -0.25) is 9.59 Å². The largest absolute Gasteiger partial charge is 0.453 e. The lowest BCUT2D eigenvalue weighted by Gasteiger charge is -2.06. The number of aryl methyl sites for hydroxylation is 3. The molecule has 5 heteroatoms. The van der Waals surface area contributed by atoms with Gasteiger partial charge in [-0.25, -0.2) is 4.79 Å². The van der Waals surface area contributed by atoms with Crippen LogP contribution in [0.4, 0.5) is 0 Å². The third-order valence-electron chi connectivity index (χ3n) is 4.38. The number of ether oxygens (including phenoxy) is 1. The van der Waals surface area contributed by atoms with E-state index in [9.17, 15) is 14.4 Å². The summed E-state index contributed by atoms with van der Waals surface area (Å²) < 4.78 is 6.64. The Morgan fingerprint density at radius 2 is 1.83 bits per heavy atom. The molecule has 0 aliphatic heterocycles. The molecule has 0 N–H and O–H groups in total. The summed E-state index contributed by atoms with van der Waals surface area (Å²) in [7, 11) is 1.66. The van der Waals surface area contributed by atoms with Gasteiger partial charge in [-0.1, -0.05) is 12.1 Å². The number of carbonyl (C=O) groups is 3. The number of hydrogen-bond donors (Lipinski definition) is 0. The molecule has 1 aliphatic rings. The minimum absolute atomic E-state index is 0.126. The highest BCUT2D eigenvalue weighted by atomic mass is 16.5. The fourth-order valence-corrected chi connectivity index (χ4v) is 2.99. The van der Waals surface area contributed by atoms with Crippen molar-refractivity contribution >= 4 is 17.5 Å². The van der Waals surface area contributed by atoms with Crippen molar-refractivity contribution in [2.45, 2.75) is 26.2 Å². The summed E-state index contributed by atoms with van der Waals surface area (Å²) in [6.07, 6.45) is 4.74. The minimum Gasteiger partial charge on any atom is -0.453 e. The maximum Gasteiger partial charge on any atom is 0.355 e. The van der Waals surface area contributed by atoms with E-state index in [-0.39, 0.29) is 23.9 Å².